The third-order valence-electron chi connectivity index (χ3n) is 6.98. The summed E-state index contributed by atoms with van der Waals surface area (Å²) in [7, 11) is 0. The maximum absolute atomic E-state index is 13.3. The number of aliphatic hydroxyl groups is 1. The van der Waals surface area contributed by atoms with Gasteiger partial charge < -0.3 is 20.3 Å². The molecule has 1 saturated carbocycles. The van der Waals surface area contributed by atoms with Gasteiger partial charge in [0, 0.05) is 42.4 Å². The average molecular weight is 451 g/mol. The van der Waals surface area contributed by atoms with Gasteiger partial charge in [-0.05, 0) is 61.2 Å². The molecule has 0 radical (unpaired) electrons. The van der Waals surface area contributed by atoms with Gasteiger partial charge in [0.05, 0.1) is 12.6 Å². The van der Waals surface area contributed by atoms with Crippen LogP contribution in [0.4, 0.5) is 9.18 Å². The first-order chi connectivity index (χ1) is 16.1. The fourth-order valence-electron chi connectivity index (χ4n) is 4.93. The molecule has 3 aromatic rings. The van der Waals surface area contributed by atoms with Crippen molar-refractivity contribution in [1.29, 1.82) is 0 Å². The van der Waals surface area contributed by atoms with Gasteiger partial charge in [-0.25, -0.2) is 9.18 Å². The van der Waals surface area contributed by atoms with Crippen LogP contribution in [0.15, 0.2) is 48.8 Å². The Labute approximate surface area is 191 Å². The molecule has 172 valence electrons. The number of hydrogen-bond acceptors (Lipinski definition) is 5. The summed E-state index contributed by atoms with van der Waals surface area (Å²) in [6.45, 7) is 0.558. The second-order valence-electron chi connectivity index (χ2n) is 9.00. The molecule has 3 N–H and O–H groups in total. The maximum atomic E-state index is 13.3. The number of aliphatic hydroxyl groups excluding tert-OH is 1. The predicted octanol–water partition coefficient (Wildman–Crippen LogP) is 3.00. The highest BCUT2D eigenvalue weighted by atomic mass is 19.1. The van der Waals surface area contributed by atoms with Gasteiger partial charge in [-0.1, -0.05) is 6.42 Å². The van der Waals surface area contributed by atoms with E-state index in [-0.39, 0.29) is 36.0 Å². The first-order valence-electron chi connectivity index (χ1n) is 11.3. The molecule has 9 heteroatoms. The number of fused-ring (bicyclic) bond motifs is 1. The number of halogens is 1. The van der Waals surface area contributed by atoms with Gasteiger partial charge in [-0.15, -0.1) is 10.2 Å². The minimum absolute atomic E-state index is 0.0226. The summed E-state index contributed by atoms with van der Waals surface area (Å²) in [5.74, 6) is 1.22. The van der Waals surface area contributed by atoms with Crippen molar-refractivity contribution in [2.75, 3.05) is 6.61 Å². The van der Waals surface area contributed by atoms with Crippen molar-refractivity contribution in [1.82, 2.24) is 30.4 Å². The molecule has 2 atom stereocenters. The molecular formula is C24H27FN6O2. The van der Waals surface area contributed by atoms with E-state index in [4.69, 9.17) is 0 Å². The highest BCUT2D eigenvalue weighted by Gasteiger charge is 2.45. The van der Waals surface area contributed by atoms with E-state index in [0.717, 1.165) is 42.6 Å². The molecular weight excluding hydrogens is 423 g/mol. The molecule has 2 unspecified atom stereocenters. The van der Waals surface area contributed by atoms with Gasteiger partial charge >= 0.3 is 6.03 Å². The van der Waals surface area contributed by atoms with Crippen LogP contribution >= 0.6 is 0 Å². The second kappa shape index (κ2) is 8.90. The van der Waals surface area contributed by atoms with Gasteiger partial charge in [0.1, 0.15) is 11.6 Å². The van der Waals surface area contributed by atoms with E-state index in [1.54, 1.807) is 24.5 Å². The molecule has 0 bridgehead atoms. The molecule has 1 aliphatic carbocycles. The van der Waals surface area contributed by atoms with Gasteiger partial charge in [0.2, 0.25) is 0 Å². The van der Waals surface area contributed by atoms with Crippen molar-refractivity contribution in [3.05, 3.63) is 66.0 Å². The number of rotatable bonds is 6. The van der Waals surface area contributed by atoms with Gasteiger partial charge in [-0.2, -0.15) is 0 Å². The van der Waals surface area contributed by atoms with E-state index in [1.165, 1.54) is 12.1 Å². The second-order valence-corrected chi connectivity index (χ2v) is 9.00. The van der Waals surface area contributed by atoms with Crippen molar-refractivity contribution in [3.63, 3.8) is 0 Å². The van der Waals surface area contributed by atoms with E-state index in [2.05, 4.69) is 25.8 Å². The number of aromatic nitrogens is 4. The number of carbonyl (C=O) groups is 1. The van der Waals surface area contributed by atoms with Gasteiger partial charge in [0.15, 0.2) is 5.82 Å². The summed E-state index contributed by atoms with van der Waals surface area (Å²) in [6, 6.07) is 9.30. The Morgan fingerprint density at radius 3 is 2.61 bits per heavy atom. The lowest BCUT2D eigenvalue weighted by Gasteiger charge is -2.47. The Morgan fingerprint density at radius 2 is 1.94 bits per heavy atom. The van der Waals surface area contributed by atoms with Crippen LogP contribution in [0.1, 0.15) is 43.1 Å². The number of nitrogens with one attached hydrogen (secondary N) is 2. The SMILES string of the molecule is O=C(NC1CCc2nnc(-c3ccc(F)cc3)n2C1)NC(c1ccncc1)C1(CO)CCC1. The fraction of sp³-hybridized carbons (Fsp3) is 0.417. The molecule has 3 heterocycles. The molecule has 8 nitrogen and oxygen atoms in total. The largest absolute Gasteiger partial charge is 0.396 e. The first-order valence-corrected chi connectivity index (χ1v) is 11.3. The summed E-state index contributed by atoms with van der Waals surface area (Å²) in [5.41, 5.74) is 1.38. The summed E-state index contributed by atoms with van der Waals surface area (Å²) in [6.07, 6.45) is 7.62. The first kappa shape index (κ1) is 21.5. The Balaban J connectivity index is 1.30. The smallest absolute Gasteiger partial charge is 0.315 e. The van der Waals surface area contributed by atoms with E-state index in [1.807, 2.05) is 16.7 Å². The molecule has 33 heavy (non-hydrogen) atoms. The topological polar surface area (TPSA) is 105 Å². The number of aryl methyl sites for hydroxylation is 1. The number of hydrogen-bond donors (Lipinski definition) is 3. The quantitative estimate of drug-likeness (QED) is 0.536. The van der Waals surface area contributed by atoms with Crippen molar-refractivity contribution < 1.29 is 14.3 Å². The van der Waals surface area contributed by atoms with Crippen LogP contribution in [-0.2, 0) is 13.0 Å². The number of amides is 2. The van der Waals surface area contributed by atoms with Crippen molar-refractivity contribution in [2.45, 2.75) is 50.7 Å². The zero-order chi connectivity index (χ0) is 22.8. The van der Waals surface area contributed by atoms with Crippen LogP contribution in [0, 0.1) is 11.2 Å². The van der Waals surface area contributed by atoms with E-state index < -0.39 is 0 Å². The van der Waals surface area contributed by atoms with E-state index >= 15 is 0 Å². The zero-order valence-electron chi connectivity index (χ0n) is 18.2. The number of urea groups is 1. The third kappa shape index (κ3) is 4.20. The summed E-state index contributed by atoms with van der Waals surface area (Å²) < 4.78 is 15.3. The lowest BCUT2D eigenvalue weighted by Crippen LogP contribution is -2.52. The molecule has 2 aliphatic rings. The lowest BCUT2D eigenvalue weighted by atomic mass is 9.63. The van der Waals surface area contributed by atoms with Crippen molar-refractivity contribution >= 4 is 6.03 Å². The highest BCUT2D eigenvalue weighted by Crippen LogP contribution is 2.49. The van der Waals surface area contributed by atoms with Crippen LogP contribution in [0.25, 0.3) is 11.4 Å². The minimum atomic E-state index is -0.345. The molecule has 2 amide bonds. The summed E-state index contributed by atoms with van der Waals surface area (Å²) in [4.78, 5) is 17.1. The van der Waals surface area contributed by atoms with E-state index in [0.29, 0.717) is 18.8 Å². The maximum Gasteiger partial charge on any atom is 0.315 e. The molecule has 1 aromatic carbocycles. The number of pyridine rings is 1. The van der Waals surface area contributed by atoms with Crippen LogP contribution in [-0.4, -0.2) is 43.5 Å². The van der Waals surface area contributed by atoms with Gasteiger partial charge in [0.25, 0.3) is 0 Å². The highest BCUT2D eigenvalue weighted by molar-refractivity contribution is 5.75. The zero-order valence-corrected chi connectivity index (χ0v) is 18.2. The van der Waals surface area contributed by atoms with Crippen LogP contribution in [0.3, 0.4) is 0 Å². The van der Waals surface area contributed by atoms with E-state index in [9.17, 15) is 14.3 Å². The Bertz CT molecular complexity index is 1110. The molecule has 0 saturated heterocycles. The standard InChI is InChI=1S/C24H27FN6O2/c25-18-4-2-17(3-5-18)22-30-29-20-7-6-19(14-31(20)22)27-23(33)28-21(16-8-12-26-13-9-16)24(15-32)10-1-11-24/h2-5,8-9,12-13,19,21,32H,1,6-7,10-11,14-15H2,(H2,27,28,33). The number of nitrogens with zero attached hydrogens (tertiary/aromatic N) is 4. The average Bonchev–Trinajstić information content (AvgIpc) is 3.22. The van der Waals surface area contributed by atoms with Gasteiger partial charge in [-0.3, -0.25) is 4.98 Å². The molecule has 1 aliphatic heterocycles. The molecule has 1 fully saturated rings. The van der Waals surface area contributed by atoms with Crippen molar-refractivity contribution in [3.8, 4) is 11.4 Å². The third-order valence-corrected chi connectivity index (χ3v) is 6.98. The molecule has 2 aromatic heterocycles. The van der Waals surface area contributed by atoms with Crippen LogP contribution < -0.4 is 10.6 Å². The van der Waals surface area contributed by atoms with Crippen LogP contribution in [0.2, 0.25) is 0 Å². The normalized spacial score (nSPS) is 19.8. The summed E-state index contributed by atoms with van der Waals surface area (Å²) >= 11 is 0. The summed E-state index contributed by atoms with van der Waals surface area (Å²) in [5, 5.41) is 24.9. The Morgan fingerprint density at radius 1 is 1.18 bits per heavy atom. The monoisotopic (exact) mass is 450 g/mol. The minimum Gasteiger partial charge on any atom is -0.396 e. The lowest BCUT2D eigenvalue weighted by molar-refractivity contribution is 0.00892. The van der Waals surface area contributed by atoms with Crippen LogP contribution in [0.5, 0.6) is 0 Å². The predicted molar refractivity (Wildman–Crippen MR) is 120 cm³/mol. The Kier molecular flexibility index (Phi) is 5.80. The molecule has 5 rings (SSSR count). The fourth-order valence-corrected chi connectivity index (χ4v) is 4.93. The number of carbonyl (C=O) groups excluding carboxylic acids is 1. The molecule has 0 spiro atoms. The number of benzene rings is 1. The Hall–Kier alpha value is -3.33. The van der Waals surface area contributed by atoms with Crippen molar-refractivity contribution in [2.24, 2.45) is 5.41 Å².